The number of aldehydes is 1. The van der Waals surface area contributed by atoms with E-state index in [1.165, 1.54) is 6.07 Å². The second-order valence-corrected chi connectivity index (χ2v) is 9.32. The Hall–Kier alpha value is -2.00. The van der Waals surface area contributed by atoms with Gasteiger partial charge in [-0.2, -0.15) is 0 Å². The molecule has 2 fully saturated rings. The number of Topliss-reactive ketones (excluding diaryl/α,β-unsaturated/α-hetero) is 1. The lowest BCUT2D eigenvalue weighted by Crippen LogP contribution is -2.55. The SMILES string of the molecule is CCCC(C(=O)c1cc(CC(C)C)c(O)c(C=O)c1O)[C@H]1CC(O)C2(OC2CC)C(O)O1. The first-order valence-electron chi connectivity index (χ1n) is 11.4. The Morgan fingerprint density at radius 2 is 1.94 bits per heavy atom. The van der Waals surface area contributed by atoms with Gasteiger partial charge >= 0.3 is 0 Å². The van der Waals surface area contributed by atoms with Crippen molar-refractivity contribution in [1.82, 2.24) is 0 Å². The first kappa shape index (κ1) is 24.6. The van der Waals surface area contributed by atoms with Gasteiger partial charge < -0.3 is 29.9 Å². The third kappa shape index (κ3) is 4.17. The minimum Gasteiger partial charge on any atom is -0.507 e. The third-order valence-corrected chi connectivity index (χ3v) is 6.61. The fourth-order valence-electron chi connectivity index (χ4n) is 4.91. The zero-order valence-electron chi connectivity index (χ0n) is 19.1. The van der Waals surface area contributed by atoms with E-state index in [9.17, 15) is 30.0 Å². The van der Waals surface area contributed by atoms with Gasteiger partial charge in [-0.1, -0.05) is 34.1 Å². The van der Waals surface area contributed by atoms with Gasteiger partial charge in [-0.15, -0.1) is 0 Å². The van der Waals surface area contributed by atoms with E-state index in [4.69, 9.17) is 9.47 Å². The predicted octanol–water partition coefficient (Wildman–Crippen LogP) is 2.72. The van der Waals surface area contributed by atoms with Crippen LogP contribution in [0.4, 0.5) is 0 Å². The van der Waals surface area contributed by atoms with Crippen molar-refractivity contribution < 1.29 is 39.5 Å². The highest BCUT2D eigenvalue weighted by Crippen LogP contribution is 2.50. The first-order valence-corrected chi connectivity index (χ1v) is 11.4. The molecule has 0 aliphatic carbocycles. The first-order chi connectivity index (χ1) is 15.1. The van der Waals surface area contributed by atoms with Crippen molar-refractivity contribution in [3.63, 3.8) is 0 Å². The summed E-state index contributed by atoms with van der Waals surface area (Å²) in [5, 5.41) is 42.3. The molecule has 0 amide bonds. The van der Waals surface area contributed by atoms with Crippen molar-refractivity contribution in [1.29, 1.82) is 0 Å². The maximum absolute atomic E-state index is 13.6. The summed E-state index contributed by atoms with van der Waals surface area (Å²) in [6, 6.07) is 1.43. The Morgan fingerprint density at radius 3 is 2.44 bits per heavy atom. The molecule has 1 aromatic carbocycles. The van der Waals surface area contributed by atoms with Crippen molar-refractivity contribution in [2.24, 2.45) is 11.8 Å². The van der Waals surface area contributed by atoms with E-state index in [0.717, 1.165) is 0 Å². The molecule has 6 atom stereocenters. The van der Waals surface area contributed by atoms with E-state index in [2.05, 4.69) is 0 Å². The number of ketones is 1. The number of carbonyl (C=O) groups is 2. The Morgan fingerprint density at radius 1 is 1.25 bits per heavy atom. The fraction of sp³-hybridized carbons (Fsp3) is 0.667. The van der Waals surface area contributed by atoms with Crippen LogP contribution in [0, 0.1) is 11.8 Å². The predicted molar refractivity (Wildman–Crippen MR) is 116 cm³/mol. The second-order valence-electron chi connectivity index (χ2n) is 9.32. The lowest BCUT2D eigenvalue weighted by molar-refractivity contribution is -0.239. The number of benzene rings is 1. The van der Waals surface area contributed by atoms with E-state index in [0.29, 0.717) is 37.5 Å². The number of aliphatic hydroxyl groups excluding tert-OH is 2. The lowest BCUT2D eigenvalue weighted by atomic mass is 9.80. The molecule has 0 aromatic heterocycles. The summed E-state index contributed by atoms with van der Waals surface area (Å²) in [5.74, 6) is -1.97. The summed E-state index contributed by atoms with van der Waals surface area (Å²) in [6.45, 7) is 7.66. The Labute approximate surface area is 188 Å². The molecule has 5 unspecified atom stereocenters. The molecule has 2 aliphatic rings. The monoisotopic (exact) mass is 450 g/mol. The van der Waals surface area contributed by atoms with E-state index >= 15 is 0 Å². The molecule has 2 aliphatic heterocycles. The van der Waals surface area contributed by atoms with Gasteiger partial charge in [0.2, 0.25) is 0 Å². The molecular weight excluding hydrogens is 416 g/mol. The maximum atomic E-state index is 13.6. The highest BCUT2D eigenvalue weighted by atomic mass is 16.7. The molecular formula is C24H34O8. The standard InChI is InChI=1S/C24H34O8/c1-5-7-14(17-10-18(26)24(23(30)31-17)19(6-2)32-24)21(28)15-9-13(8-12(3)4)20(27)16(11-25)22(15)29/h9,11-12,14,17-19,23,26-27,29-30H,5-8,10H2,1-4H3/t14?,17-,18?,19?,23?,24?/m1/s1. The number of ether oxygens (including phenoxy) is 2. The quantitative estimate of drug-likeness (QED) is 0.256. The van der Waals surface area contributed by atoms with Gasteiger partial charge in [-0.3, -0.25) is 9.59 Å². The van der Waals surface area contributed by atoms with Crippen LogP contribution in [0.1, 0.15) is 79.7 Å². The normalized spacial score (nSPS) is 30.5. The topological polar surface area (TPSA) is 137 Å². The number of aromatic hydroxyl groups is 2. The van der Waals surface area contributed by atoms with Crippen molar-refractivity contribution >= 4 is 12.1 Å². The molecule has 8 heteroatoms. The van der Waals surface area contributed by atoms with Gasteiger partial charge in [-0.25, -0.2) is 0 Å². The highest BCUT2D eigenvalue weighted by molar-refractivity contribution is 6.04. The molecule has 0 radical (unpaired) electrons. The zero-order chi connectivity index (χ0) is 23.8. The number of aliphatic hydroxyl groups is 2. The number of phenolic OH excluding ortho intramolecular Hbond substituents is 2. The van der Waals surface area contributed by atoms with E-state index < -0.39 is 41.5 Å². The smallest absolute Gasteiger partial charge is 0.189 e. The highest BCUT2D eigenvalue weighted by Gasteiger charge is 2.68. The molecule has 1 spiro atoms. The molecule has 2 saturated heterocycles. The molecule has 32 heavy (non-hydrogen) atoms. The molecule has 3 rings (SSSR count). The second kappa shape index (κ2) is 9.47. The Kier molecular flexibility index (Phi) is 7.29. The molecule has 0 bridgehead atoms. The summed E-state index contributed by atoms with van der Waals surface area (Å²) in [4.78, 5) is 25.1. The molecule has 178 valence electrons. The van der Waals surface area contributed by atoms with Crippen LogP contribution in [0.2, 0.25) is 0 Å². The average molecular weight is 451 g/mol. The molecule has 8 nitrogen and oxygen atoms in total. The van der Waals surface area contributed by atoms with Crippen LogP contribution in [-0.4, -0.2) is 62.7 Å². The van der Waals surface area contributed by atoms with Crippen LogP contribution in [0.3, 0.4) is 0 Å². The molecule has 1 aromatic rings. The number of hydrogen-bond acceptors (Lipinski definition) is 8. The summed E-state index contributed by atoms with van der Waals surface area (Å²) >= 11 is 0. The van der Waals surface area contributed by atoms with Gasteiger partial charge in [0.1, 0.15) is 11.5 Å². The number of phenols is 2. The summed E-state index contributed by atoms with van der Waals surface area (Å²) in [6.07, 6.45) is -0.969. The summed E-state index contributed by atoms with van der Waals surface area (Å²) in [5.41, 5.74) is -1.14. The van der Waals surface area contributed by atoms with Crippen molar-refractivity contribution in [3.8, 4) is 11.5 Å². The lowest BCUT2D eigenvalue weighted by Gasteiger charge is -2.39. The van der Waals surface area contributed by atoms with Crippen LogP contribution in [-0.2, 0) is 15.9 Å². The minimum atomic E-state index is -1.37. The summed E-state index contributed by atoms with van der Waals surface area (Å²) in [7, 11) is 0. The molecule has 0 saturated carbocycles. The maximum Gasteiger partial charge on any atom is 0.189 e. The fourth-order valence-corrected chi connectivity index (χ4v) is 4.91. The van der Waals surface area contributed by atoms with Crippen LogP contribution in [0.5, 0.6) is 11.5 Å². The number of hydrogen-bond donors (Lipinski definition) is 4. The van der Waals surface area contributed by atoms with Gasteiger partial charge in [0.05, 0.1) is 29.4 Å². The number of epoxide rings is 1. The zero-order valence-corrected chi connectivity index (χ0v) is 19.1. The van der Waals surface area contributed by atoms with E-state index in [-0.39, 0.29) is 35.3 Å². The van der Waals surface area contributed by atoms with Crippen LogP contribution < -0.4 is 0 Å². The van der Waals surface area contributed by atoms with Crippen molar-refractivity contribution in [2.75, 3.05) is 0 Å². The van der Waals surface area contributed by atoms with Crippen LogP contribution >= 0.6 is 0 Å². The third-order valence-electron chi connectivity index (χ3n) is 6.61. The number of carbonyl (C=O) groups excluding carboxylic acids is 2. The van der Waals surface area contributed by atoms with Crippen molar-refractivity contribution in [3.05, 3.63) is 22.8 Å². The van der Waals surface area contributed by atoms with Gasteiger partial charge in [-0.05, 0) is 36.8 Å². The van der Waals surface area contributed by atoms with Crippen molar-refractivity contribution in [2.45, 2.75) is 90.0 Å². The Balaban J connectivity index is 1.94. The van der Waals surface area contributed by atoms with E-state index in [1.807, 2.05) is 27.7 Å². The number of rotatable bonds is 9. The van der Waals surface area contributed by atoms with Gasteiger partial charge in [0.15, 0.2) is 24.0 Å². The van der Waals surface area contributed by atoms with Crippen LogP contribution in [0.15, 0.2) is 6.07 Å². The largest absolute Gasteiger partial charge is 0.507 e. The minimum absolute atomic E-state index is 0.0685. The Bertz CT molecular complexity index is 852. The van der Waals surface area contributed by atoms with Crippen LogP contribution in [0.25, 0.3) is 0 Å². The van der Waals surface area contributed by atoms with Gasteiger partial charge in [0, 0.05) is 12.3 Å². The van der Waals surface area contributed by atoms with Gasteiger partial charge in [0.25, 0.3) is 0 Å². The molecule has 2 heterocycles. The molecule has 4 N–H and O–H groups in total. The average Bonchev–Trinajstić information content (AvgIpc) is 3.48. The summed E-state index contributed by atoms with van der Waals surface area (Å²) < 4.78 is 11.3. The van der Waals surface area contributed by atoms with E-state index in [1.54, 1.807) is 0 Å².